The molecule has 0 saturated carbocycles. The van der Waals surface area contributed by atoms with Gasteiger partial charge in [-0.05, 0) is 38.1 Å². The summed E-state index contributed by atoms with van der Waals surface area (Å²) in [5.41, 5.74) is 3.28. The van der Waals surface area contributed by atoms with E-state index in [-0.39, 0.29) is 37.9 Å². The molecule has 8 aliphatic heterocycles. The molecule has 8 bridgehead atoms. The first kappa shape index (κ1) is 80.1. The SMILES string of the molecule is CC1c2cc(c(OP3OCC(C)(C)CO3)cc2OP2OCC(C)(C)CO2)C(C)c2cc(c(OP3OCC(C)(C)CO3)cc2OP2OCC(C)(C)CO2)C(C)c2cc(c(OP3OCC(C)(C)CO3)cc2OP2OCCC(C)(C)O2)C(C)c2cc1c(OP1OCC(C)(C)CO1)cc2OP1OCC(C)(C)CO1. The molecule has 8 saturated heterocycles. The Bertz CT molecular complexity index is 3610. The van der Waals surface area contributed by atoms with Gasteiger partial charge >= 0.3 is 68.8 Å². The van der Waals surface area contributed by atoms with Gasteiger partial charge in [-0.3, -0.25) is 4.52 Å². The quantitative estimate of drug-likeness (QED) is 0.0951. The highest BCUT2D eigenvalue weighted by Gasteiger charge is 2.44. The first-order valence-corrected chi connectivity index (χ1v) is 44.4. The average molecular weight is 1600 g/mol. The van der Waals surface area contributed by atoms with Crippen molar-refractivity contribution in [3.63, 3.8) is 0 Å². The third kappa shape index (κ3) is 19.9. The van der Waals surface area contributed by atoms with Crippen molar-refractivity contribution in [2.75, 3.05) is 99.1 Å². The van der Waals surface area contributed by atoms with Crippen LogP contribution in [0, 0.1) is 37.9 Å². The molecule has 4 aromatic carbocycles. The van der Waals surface area contributed by atoms with Crippen molar-refractivity contribution in [1.82, 2.24) is 0 Å². The van der Waals surface area contributed by atoms with Crippen molar-refractivity contribution in [1.29, 1.82) is 0 Å². The third-order valence-electron chi connectivity index (χ3n) is 18.8. The lowest BCUT2D eigenvalue weighted by Crippen LogP contribution is -2.29. The maximum absolute atomic E-state index is 7.19. The van der Waals surface area contributed by atoms with Crippen molar-refractivity contribution < 1.29 is 109 Å². The summed E-state index contributed by atoms with van der Waals surface area (Å²) in [6.07, 6.45) is 0.659. The first-order valence-electron chi connectivity index (χ1n) is 35.6. The Morgan fingerprint density at radius 1 is 0.231 bits per heavy atom. The molecule has 1 aliphatic carbocycles. The standard InChI is InChI=1S/C72H104O24P8/c1-45-49-23-50(58(89-98-76-33-66(7,8)34-77-98)27-57(49)88-97-74-31-65(5,6)32-75-97)46(2)53-25-54(62(93-102-84-41-70(15,16)42-85-102)29-61(53)92-101-82-39-69(13,14)40-83-101)48(4)56-26-55(63(94-103-86-43-71(17,18)44-87-103)30-64(56)95-104-73-22-21-72(19,20)96-104)47(3)52-24-51(45)59(90-99-78-35-67(9,10)36-79-99)28-60(52)91-100-80-37-68(11,12)38-81-100/h23-30,45-48H,21-22,31-44H2,1-20H3. The van der Waals surface area contributed by atoms with E-state index >= 15 is 0 Å². The fourth-order valence-corrected chi connectivity index (χ4v) is 22.9. The van der Waals surface area contributed by atoms with Crippen molar-refractivity contribution >= 4 is 68.8 Å². The Kier molecular flexibility index (Phi) is 24.6. The maximum atomic E-state index is 7.19. The van der Waals surface area contributed by atoms with Gasteiger partial charge in [0.05, 0.1) is 105 Å². The van der Waals surface area contributed by atoms with Gasteiger partial charge in [0.15, 0.2) is 0 Å². The van der Waals surface area contributed by atoms with Crippen LogP contribution in [-0.4, -0.2) is 105 Å². The highest BCUT2D eigenvalue weighted by molar-refractivity contribution is 7.44. The molecule has 104 heavy (non-hydrogen) atoms. The summed E-state index contributed by atoms with van der Waals surface area (Å²) in [6.45, 7) is 47.9. The molecule has 5 unspecified atom stereocenters. The summed E-state index contributed by atoms with van der Waals surface area (Å²) < 4.78 is 161. The summed E-state index contributed by atoms with van der Waals surface area (Å²) in [5.74, 6) is 0.922. The van der Waals surface area contributed by atoms with E-state index in [1.807, 2.05) is 38.1 Å². The lowest BCUT2D eigenvalue weighted by atomic mass is 9.81. The zero-order valence-corrected chi connectivity index (χ0v) is 70.8. The molecule has 576 valence electrons. The van der Waals surface area contributed by atoms with Crippen LogP contribution in [0.15, 0.2) is 48.5 Å². The van der Waals surface area contributed by atoms with Crippen LogP contribution >= 0.6 is 68.8 Å². The van der Waals surface area contributed by atoms with E-state index in [0.29, 0.717) is 196 Å². The number of rotatable bonds is 16. The summed E-state index contributed by atoms with van der Waals surface area (Å²) in [5, 5.41) is 0. The van der Waals surface area contributed by atoms with Gasteiger partial charge in [0.25, 0.3) is 0 Å². The van der Waals surface area contributed by atoms with Crippen LogP contribution in [0.5, 0.6) is 46.0 Å². The molecule has 8 heterocycles. The molecule has 0 aromatic heterocycles. The van der Waals surface area contributed by atoms with E-state index in [4.69, 9.17) is 109 Å². The van der Waals surface area contributed by atoms with Gasteiger partial charge < -0.3 is 104 Å². The second kappa shape index (κ2) is 31.9. The Balaban J connectivity index is 1.09. The van der Waals surface area contributed by atoms with Gasteiger partial charge in [-0.15, -0.1) is 0 Å². The Hall–Kier alpha value is -1.92. The molecular formula is C72H104O24P8. The van der Waals surface area contributed by atoms with Gasteiger partial charge in [0, 0.05) is 137 Å². The normalized spacial score (nSPS) is 28.2. The van der Waals surface area contributed by atoms with E-state index in [9.17, 15) is 0 Å². The third-order valence-corrected chi connectivity index (χ3v) is 27.3. The molecule has 24 nitrogen and oxygen atoms in total. The molecular weight excluding hydrogens is 1500 g/mol. The molecule has 0 N–H and O–H groups in total. The molecule has 0 amide bonds. The van der Waals surface area contributed by atoms with Gasteiger partial charge in [0.1, 0.15) is 46.0 Å². The number of hydrogen-bond acceptors (Lipinski definition) is 24. The maximum Gasteiger partial charge on any atom is 0.397 e. The molecule has 13 rings (SSSR count). The Morgan fingerprint density at radius 3 is 0.538 bits per heavy atom. The first-order chi connectivity index (χ1) is 48.9. The molecule has 5 atom stereocenters. The fraction of sp³-hybridized carbons (Fsp3) is 0.667. The van der Waals surface area contributed by atoms with Crippen LogP contribution in [0.25, 0.3) is 0 Å². The summed E-state index contributed by atoms with van der Waals surface area (Å²) >= 11 is 0. The zero-order chi connectivity index (χ0) is 74.1. The molecule has 8 fully saturated rings. The fourth-order valence-electron chi connectivity index (χ4n) is 11.8. The van der Waals surface area contributed by atoms with Crippen LogP contribution < -0.4 is 36.2 Å². The summed E-state index contributed by atoms with van der Waals surface area (Å²) in [4.78, 5) is 0. The summed E-state index contributed by atoms with van der Waals surface area (Å²) in [6, 6.07) is 16.1. The smallest absolute Gasteiger partial charge is 0.397 e. The summed E-state index contributed by atoms with van der Waals surface area (Å²) in [7, 11) is -15.8. The van der Waals surface area contributed by atoms with Gasteiger partial charge in [0.2, 0.25) is 0 Å². The largest absolute Gasteiger partial charge is 0.426 e. The number of benzene rings is 4. The monoisotopic (exact) mass is 1600 g/mol. The van der Waals surface area contributed by atoms with Crippen molar-refractivity contribution in [2.24, 2.45) is 37.9 Å². The van der Waals surface area contributed by atoms with Crippen LogP contribution in [0.3, 0.4) is 0 Å². The van der Waals surface area contributed by atoms with Crippen molar-refractivity contribution in [3.05, 3.63) is 93.0 Å². The highest BCUT2D eigenvalue weighted by Crippen LogP contribution is 2.63. The Labute approximate surface area is 624 Å². The molecule has 4 aromatic rings. The minimum atomic E-state index is -1.99. The van der Waals surface area contributed by atoms with Crippen LogP contribution in [0.1, 0.15) is 213 Å². The van der Waals surface area contributed by atoms with Gasteiger partial charge in [-0.1, -0.05) is 125 Å². The Morgan fingerprint density at radius 2 is 0.385 bits per heavy atom. The van der Waals surface area contributed by atoms with E-state index in [1.165, 1.54) is 0 Å². The highest BCUT2D eigenvalue weighted by atomic mass is 31.2. The van der Waals surface area contributed by atoms with Crippen LogP contribution in [0.4, 0.5) is 0 Å². The van der Waals surface area contributed by atoms with E-state index in [0.717, 1.165) is 0 Å². The van der Waals surface area contributed by atoms with E-state index < -0.39 is 98.1 Å². The predicted molar refractivity (Wildman–Crippen MR) is 402 cm³/mol. The minimum Gasteiger partial charge on any atom is -0.426 e. The minimum absolute atomic E-state index is 0.269. The second-order valence-corrected chi connectivity index (χ2v) is 43.6. The van der Waals surface area contributed by atoms with Crippen molar-refractivity contribution in [3.8, 4) is 46.0 Å². The van der Waals surface area contributed by atoms with Gasteiger partial charge in [-0.25, -0.2) is 0 Å². The molecule has 32 heteroatoms. The topological polar surface area (TPSA) is 222 Å². The van der Waals surface area contributed by atoms with E-state index in [1.54, 1.807) is 0 Å². The lowest BCUT2D eigenvalue weighted by Gasteiger charge is -2.36. The number of hydrogen-bond donors (Lipinski definition) is 0. The van der Waals surface area contributed by atoms with Crippen molar-refractivity contribution in [2.45, 2.75) is 174 Å². The van der Waals surface area contributed by atoms with Gasteiger partial charge in [-0.2, -0.15) is 0 Å². The lowest BCUT2D eigenvalue weighted by molar-refractivity contribution is 0.0204. The number of fused-ring (bicyclic) bond motifs is 8. The van der Waals surface area contributed by atoms with E-state index in [2.05, 4.69) is 149 Å². The molecule has 0 radical (unpaired) electrons. The zero-order valence-electron chi connectivity index (χ0n) is 63.6. The molecule has 9 aliphatic rings. The predicted octanol–water partition coefficient (Wildman–Crippen LogP) is 22.2. The van der Waals surface area contributed by atoms with Crippen LogP contribution in [0.2, 0.25) is 0 Å². The average Bonchev–Trinajstić information content (AvgIpc) is 0.747. The van der Waals surface area contributed by atoms with Crippen LogP contribution in [-0.2, 0) is 72.4 Å². The second-order valence-electron chi connectivity index (χ2n) is 34.5. The molecule has 0 spiro atoms.